The van der Waals surface area contributed by atoms with Gasteiger partial charge in [0.05, 0.1) is 19.8 Å². The van der Waals surface area contributed by atoms with Gasteiger partial charge in [-0.05, 0) is 13.3 Å². The van der Waals surface area contributed by atoms with E-state index in [1.54, 1.807) is 0 Å². The molecule has 0 aliphatic rings. The van der Waals surface area contributed by atoms with E-state index < -0.39 is 0 Å². The largest absolute Gasteiger partial charge is 0.508 e. The molecule has 0 aliphatic heterocycles. The average molecular weight is 237 g/mol. The average Bonchev–Trinajstić information content (AvgIpc) is 2.26. The van der Waals surface area contributed by atoms with Crippen molar-refractivity contribution in [1.82, 2.24) is 0 Å². The Morgan fingerprint density at radius 3 is 2.18 bits per heavy atom. The van der Waals surface area contributed by atoms with E-state index in [0.717, 1.165) is 11.1 Å². The highest BCUT2D eigenvalue weighted by atomic mass is 16.5. The van der Waals surface area contributed by atoms with Gasteiger partial charge in [0.1, 0.15) is 17.2 Å². The summed E-state index contributed by atoms with van der Waals surface area (Å²) in [6, 6.07) is 2.78. The lowest BCUT2D eigenvalue weighted by molar-refractivity contribution is 0.370. The molecule has 0 aliphatic carbocycles. The lowest BCUT2D eigenvalue weighted by atomic mass is 9.99. The Kier molecular flexibility index (Phi) is 4.40. The monoisotopic (exact) mass is 237 g/mol. The number of methoxy groups -OCH3 is 2. The molecule has 0 saturated heterocycles. The first-order chi connectivity index (χ1) is 7.99. The van der Waals surface area contributed by atoms with Crippen molar-refractivity contribution in [2.45, 2.75) is 19.4 Å². The van der Waals surface area contributed by atoms with Crippen molar-refractivity contribution < 1.29 is 14.6 Å². The van der Waals surface area contributed by atoms with E-state index in [2.05, 4.69) is 6.58 Å². The maximum atomic E-state index is 9.53. The number of benzene rings is 1. The van der Waals surface area contributed by atoms with E-state index in [4.69, 9.17) is 15.2 Å². The van der Waals surface area contributed by atoms with E-state index in [9.17, 15) is 5.11 Å². The van der Waals surface area contributed by atoms with Gasteiger partial charge < -0.3 is 20.3 Å². The van der Waals surface area contributed by atoms with Crippen LogP contribution in [0.1, 0.15) is 24.9 Å². The molecule has 0 bridgehead atoms. The van der Waals surface area contributed by atoms with Crippen molar-refractivity contribution in [2.24, 2.45) is 5.73 Å². The lowest BCUT2D eigenvalue weighted by Gasteiger charge is -2.19. The van der Waals surface area contributed by atoms with Crippen molar-refractivity contribution in [1.29, 1.82) is 0 Å². The van der Waals surface area contributed by atoms with Gasteiger partial charge in [0.25, 0.3) is 0 Å². The third kappa shape index (κ3) is 3.14. The van der Waals surface area contributed by atoms with E-state index in [1.165, 1.54) is 26.4 Å². The molecule has 4 nitrogen and oxygen atoms in total. The van der Waals surface area contributed by atoms with Crippen molar-refractivity contribution in [3.8, 4) is 17.2 Å². The number of hydrogen-bond acceptors (Lipinski definition) is 4. The summed E-state index contributed by atoms with van der Waals surface area (Å²) in [5.74, 6) is 1.14. The Bertz CT molecular complexity index is 390. The van der Waals surface area contributed by atoms with Gasteiger partial charge in [-0.25, -0.2) is 0 Å². The minimum Gasteiger partial charge on any atom is -0.508 e. The highest BCUT2D eigenvalue weighted by Gasteiger charge is 2.19. The van der Waals surface area contributed by atoms with E-state index in [0.29, 0.717) is 17.9 Å². The van der Waals surface area contributed by atoms with Crippen LogP contribution < -0.4 is 15.2 Å². The molecule has 0 aromatic heterocycles. The lowest BCUT2D eigenvalue weighted by Crippen LogP contribution is -2.13. The van der Waals surface area contributed by atoms with Gasteiger partial charge in [0.15, 0.2) is 0 Å². The van der Waals surface area contributed by atoms with Crippen LogP contribution in [-0.4, -0.2) is 19.3 Å². The molecule has 1 atom stereocenters. The molecule has 0 heterocycles. The Balaban J connectivity index is 3.23. The highest BCUT2D eigenvalue weighted by molar-refractivity contribution is 5.52. The maximum Gasteiger partial charge on any atom is 0.131 e. The van der Waals surface area contributed by atoms with Gasteiger partial charge >= 0.3 is 0 Å². The van der Waals surface area contributed by atoms with Crippen LogP contribution in [0.2, 0.25) is 0 Å². The summed E-state index contributed by atoms with van der Waals surface area (Å²) in [7, 11) is 3.07. The Labute approximate surface area is 102 Å². The van der Waals surface area contributed by atoms with Gasteiger partial charge in [-0.3, -0.25) is 0 Å². The summed E-state index contributed by atoms with van der Waals surface area (Å²) in [6.45, 7) is 5.75. The summed E-state index contributed by atoms with van der Waals surface area (Å²) < 4.78 is 10.4. The second-order valence-corrected chi connectivity index (χ2v) is 4.03. The van der Waals surface area contributed by atoms with Gasteiger partial charge in [0.2, 0.25) is 0 Å². The van der Waals surface area contributed by atoms with Crippen LogP contribution in [-0.2, 0) is 0 Å². The molecule has 1 aromatic carbocycles. The Morgan fingerprint density at radius 2 is 1.82 bits per heavy atom. The summed E-state index contributed by atoms with van der Waals surface area (Å²) in [5, 5.41) is 9.53. The minimum absolute atomic E-state index is 0.0879. The van der Waals surface area contributed by atoms with E-state index in [-0.39, 0.29) is 11.8 Å². The number of aromatic hydroxyl groups is 1. The molecule has 0 amide bonds. The first kappa shape index (κ1) is 13.4. The first-order valence-electron chi connectivity index (χ1n) is 5.34. The van der Waals surface area contributed by atoms with Gasteiger partial charge in [0, 0.05) is 18.2 Å². The standard InChI is InChI=1S/C13H19NO3/c1-8(2)5-10(14)13-11(16-3)6-9(15)7-12(13)17-4/h6-7,10,15H,1,5,14H2,2-4H3/t10-/m0/s1. The number of nitrogens with two attached hydrogens (primary N) is 1. The number of phenolic OH excluding ortho intramolecular Hbond substituents is 1. The van der Waals surface area contributed by atoms with Crippen LogP contribution >= 0.6 is 0 Å². The van der Waals surface area contributed by atoms with Gasteiger partial charge in [-0.15, -0.1) is 6.58 Å². The van der Waals surface area contributed by atoms with Crippen LogP contribution in [0.25, 0.3) is 0 Å². The van der Waals surface area contributed by atoms with Crippen molar-refractivity contribution in [3.63, 3.8) is 0 Å². The fourth-order valence-electron chi connectivity index (χ4n) is 1.77. The predicted octanol–water partition coefficient (Wildman–Crippen LogP) is 2.38. The van der Waals surface area contributed by atoms with Crippen LogP contribution in [0.15, 0.2) is 24.3 Å². The Hall–Kier alpha value is -1.68. The molecule has 3 N–H and O–H groups in total. The molecule has 0 radical (unpaired) electrons. The number of rotatable bonds is 5. The number of hydrogen-bond donors (Lipinski definition) is 2. The van der Waals surface area contributed by atoms with Gasteiger partial charge in [-0.2, -0.15) is 0 Å². The summed E-state index contributed by atoms with van der Waals surface area (Å²) in [6.07, 6.45) is 0.636. The number of ether oxygens (including phenoxy) is 2. The summed E-state index contributed by atoms with van der Waals surface area (Å²) in [4.78, 5) is 0. The Morgan fingerprint density at radius 1 is 1.35 bits per heavy atom. The third-order valence-electron chi connectivity index (χ3n) is 2.47. The SMILES string of the molecule is C=C(C)C[C@H](N)c1c(OC)cc(O)cc1OC. The van der Waals surface area contributed by atoms with Crippen LogP contribution in [0.5, 0.6) is 17.2 Å². The van der Waals surface area contributed by atoms with Crippen molar-refractivity contribution in [2.75, 3.05) is 14.2 Å². The molecular weight excluding hydrogens is 218 g/mol. The molecule has 0 spiro atoms. The number of phenols is 1. The molecule has 4 heteroatoms. The molecule has 1 aromatic rings. The fraction of sp³-hybridized carbons (Fsp3) is 0.385. The normalized spacial score (nSPS) is 12.0. The molecule has 0 fully saturated rings. The second-order valence-electron chi connectivity index (χ2n) is 4.03. The van der Waals surface area contributed by atoms with E-state index in [1.807, 2.05) is 6.92 Å². The minimum atomic E-state index is -0.266. The molecule has 17 heavy (non-hydrogen) atoms. The zero-order valence-electron chi connectivity index (χ0n) is 10.5. The smallest absolute Gasteiger partial charge is 0.131 e. The summed E-state index contributed by atoms with van der Waals surface area (Å²) in [5.41, 5.74) is 7.82. The van der Waals surface area contributed by atoms with Crippen molar-refractivity contribution >= 4 is 0 Å². The fourth-order valence-corrected chi connectivity index (χ4v) is 1.77. The van der Waals surface area contributed by atoms with Crippen LogP contribution in [0.4, 0.5) is 0 Å². The zero-order chi connectivity index (χ0) is 13.0. The topological polar surface area (TPSA) is 64.7 Å². The van der Waals surface area contributed by atoms with Crippen LogP contribution in [0, 0.1) is 0 Å². The van der Waals surface area contributed by atoms with E-state index >= 15 is 0 Å². The summed E-state index contributed by atoms with van der Waals surface area (Å²) >= 11 is 0. The maximum absolute atomic E-state index is 9.53. The highest BCUT2D eigenvalue weighted by Crippen LogP contribution is 2.38. The van der Waals surface area contributed by atoms with Crippen molar-refractivity contribution in [3.05, 3.63) is 29.8 Å². The second kappa shape index (κ2) is 5.59. The molecule has 0 saturated carbocycles. The zero-order valence-corrected chi connectivity index (χ0v) is 10.5. The molecule has 0 unspecified atom stereocenters. The quantitative estimate of drug-likeness (QED) is 0.772. The third-order valence-corrected chi connectivity index (χ3v) is 2.47. The molecule has 1 rings (SSSR count). The predicted molar refractivity (Wildman–Crippen MR) is 67.6 cm³/mol. The van der Waals surface area contributed by atoms with Crippen LogP contribution in [0.3, 0.4) is 0 Å². The van der Waals surface area contributed by atoms with Gasteiger partial charge in [-0.1, -0.05) is 5.57 Å². The first-order valence-corrected chi connectivity index (χ1v) is 5.34. The molecular formula is C13H19NO3. The molecule has 94 valence electrons.